The number of hydrogen-bond donors (Lipinski definition) is 0. The number of anilines is 1. The lowest BCUT2D eigenvalue weighted by Gasteiger charge is -2.38. The van der Waals surface area contributed by atoms with Gasteiger partial charge in [0.2, 0.25) is 0 Å². The largest absolute Gasteiger partial charge is 0.371 e. The zero-order valence-corrected chi connectivity index (χ0v) is 18.5. The van der Waals surface area contributed by atoms with Gasteiger partial charge < -0.3 is 9.64 Å². The van der Waals surface area contributed by atoms with Crippen LogP contribution in [0.3, 0.4) is 0 Å². The number of hydrogen-bond acceptors (Lipinski definition) is 5. The Balaban J connectivity index is 1.72. The minimum absolute atomic E-state index is 0.0610. The Hall–Kier alpha value is -2.51. The van der Waals surface area contributed by atoms with E-state index in [4.69, 9.17) is 21.3 Å². The van der Waals surface area contributed by atoms with E-state index in [1.165, 1.54) is 23.5 Å². The van der Waals surface area contributed by atoms with Crippen molar-refractivity contribution in [1.29, 1.82) is 0 Å². The molecule has 1 saturated carbocycles. The lowest BCUT2D eigenvalue weighted by atomic mass is 10.1. The number of rotatable bonds is 3. The van der Waals surface area contributed by atoms with Crippen molar-refractivity contribution < 1.29 is 9.13 Å². The molecule has 1 unspecified atom stereocenters. The molecule has 1 aliphatic carbocycles. The van der Waals surface area contributed by atoms with Crippen molar-refractivity contribution in [2.75, 3.05) is 18.0 Å². The highest BCUT2D eigenvalue weighted by Crippen LogP contribution is 2.38. The lowest BCUT2D eigenvalue weighted by molar-refractivity contribution is -0.0273. The van der Waals surface area contributed by atoms with E-state index in [1.54, 1.807) is 26.1 Å². The first kappa shape index (κ1) is 20.4. The Morgan fingerprint density at radius 1 is 1.19 bits per heavy atom. The summed E-state index contributed by atoms with van der Waals surface area (Å²) in [5, 5.41) is 0.594. The predicted molar refractivity (Wildman–Crippen MR) is 119 cm³/mol. The molecule has 0 N–H and O–H groups in total. The Morgan fingerprint density at radius 2 is 1.97 bits per heavy atom. The van der Waals surface area contributed by atoms with E-state index in [-0.39, 0.29) is 34.0 Å². The minimum Gasteiger partial charge on any atom is -0.371 e. The smallest absolute Gasteiger partial charge is 0.263 e. The molecule has 1 aliphatic heterocycles. The second kappa shape index (κ2) is 7.57. The molecule has 2 fully saturated rings. The zero-order valence-electron chi connectivity index (χ0n) is 17.7. The summed E-state index contributed by atoms with van der Waals surface area (Å²) in [5.41, 5.74) is 0.783. The zero-order chi connectivity index (χ0) is 21.9. The quantitative estimate of drug-likeness (QED) is 0.611. The summed E-state index contributed by atoms with van der Waals surface area (Å²) in [6.07, 6.45) is 2.60. The van der Waals surface area contributed by atoms with Gasteiger partial charge in [-0.1, -0.05) is 11.6 Å². The van der Waals surface area contributed by atoms with Gasteiger partial charge in [0.25, 0.3) is 5.56 Å². The molecule has 2 aliphatic rings. The molecule has 0 spiro atoms. The van der Waals surface area contributed by atoms with Crippen LogP contribution in [-0.2, 0) is 11.8 Å². The van der Waals surface area contributed by atoms with Gasteiger partial charge in [-0.3, -0.25) is 9.36 Å². The van der Waals surface area contributed by atoms with Crippen LogP contribution in [0.25, 0.3) is 22.2 Å². The van der Waals surface area contributed by atoms with Crippen molar-refractivity contribution in [2.24, 2.45) is 13.0 Å². The van der Waals surface area contributed by atoms with Crippen molar-refractivity contribution in [3.8, 4) is 11.3 Å². The molecule has 8 heteroatoms. The Labute approximate surface area is 184 Å². The Morgan fingerprint density at radius 3 is 2.68 bits per heavy atom. The SMILES string of the molecule is Cc1nc2cc(N3CC(C4CC4)O[C@H](C)C3)nc(-c3ccc(Cl)cc3F)c2c(=O)n1C. The molecule has 5 rings (SSSR count). The molecular weight excluding hydrogens is 419 g/mol. The van der Waals surface area contributed by atoms with Crippen LogP contribution in [-0.4, -0.2) is 39.8 Å². The fourth-order valence-electron chi connectivity index (χ4n) is 4.32. The molecular formula is C23H24ClFN4O2. The van der Waals surface area contributed by atoms with Gasteiger partial charge in [0, 0.05) is 36.8 Å². The van der Waals surface area contributed by atoms with Crippen molar-refractivity contribution in [2.45, 2.75) is 38.9 Å². The van der Waals surface area contributed by atoms with E-state index < -0.39 is 5.82 Å². The molecule has 3 aromatic rings. The third-order valence-electron chi connectivity index (χ3n) is 6.21. The minimum atomic E-state index is -0.521. The van der Waals surface area contributed by atoms with E-state index in [2.05, 4.69) is 16.8 Å². The summed E-state index contributed by atoms with van der Waals surface area (Å²) in [4.78, 5) is 24.7. The van der Waals surface area contributed by atoms with Gasteiger partial charge >= 0.3 is 0 Å². The summed E-state index contributed by atoms with van der Waals surface area (Å²) in [7, 11) is 1.66. The lowest BCUT2D eigenvalue weighted by Crippen LogP contribution is -2.48. The topological polar surface area (TPSA) is 60.2 Å². The first-order valence-corrected chi connectivity index (χ1v) is 10.9. The fraction of sp³-hybridized carbons (Fsp3) is 0.435. The van der Waals surface area contributed by atoms with Crippen molar-refractivity contribution in [3.63, 3.8) is 0 Å². The van der Waals surface area contributed by atoms with Crippen LogP contribution in [0.5, 0.6) is 0 Å². The van der Waals surface area contributed by atoms with E-state index in [9.17, 15) is 9.18 Å². The van der Waals surface area contributed by atoms with E-state index in [0.717, 1.165) is 6.54 Å². The third-order valence-corrected chi connectivity index (χ3v) is 6.45. The van der Waals surface area contributed by atoms with E-state index >= 15 is 0 Å². The number of aryl methyl sites for hydroxylation is 1. The maximum absolute atomic E-state index is 14.9. The van der Waals surface area contributed by atoms with Gasteiger partial charge in [-0.25, -0.2) is 14.4 Å². The highest BCUT2D eigenvalue weighted by molar-refractivity contribution is 6.30. The highest BCUT2D eigenvalue weighted by Gasteiger charge is 2.38. The molecule has 0 radical (unpaired) electrons. The molecule has 3 heterocycles. The van der Waals surface area contributed by atoms with Gasteiger partial charge in [-0.05, 0) is 50.8 Å². The molecule has 1 aromatic carbocycles. The summed E-state index contributed by atoms with van der Waals surface area (Å²) < 4.78 is 22.5. The van der Waals surface area contributed by atoms with E-state index in [1.807, 2.05) is 6.07 Å². The molecule has 2 aromatic heterocycles. The molecule has 2 atom stereocenters. The summed E-state index contributed by atoms with van der Waals surface area (Å²) >= 11 is 5.96. The van der Waals surface area contributed by atoms with Crippen LogP contribution >= 0.6 is 11.6 Å². The number of ether oxygens (including phenoxy) is 1. The number of nitrogens with zero attached hydrogens (tertiary/aromatic N) is 4. The first-order chi connectivity index (χ1) is 14.8. The number of morpholine rings is 1. The van der Waals surface area contributed by atoms with Crippen LogP contribution in [0, 0.1) is 18.7 Å². The maximum Gasteiger partial charge on any atom is 0.263 e. The van der Waals surface area contributed by atoms with Gasteiger partial charge in [0.05, 0.1) is 28.8 Å². The number of benzene rings is 1. The standard InChI is InChI=1S/C23H24ClFN4O2/c1-12-10-29(11-19(31-12)14-4-5-14)20-9-18-21(23(30)28(3)13(2)26-18)22(27-20)16-7-6-15(24)8-17(16)25/h6-9,12,14,19H,4-5,10-11H2,1-3H3/t12-,19?/m1/s1. The number of halogens is 2. The Kier molecular flexibility index (Phi) is 4.98. The number of pyridine rings is 1. The molecule has 1 saturated heterocycles. The van der Waals surface area contributed by atoms with Crippen molar-refractivity contribution in [3.05, 3.63) is 51.3 Å². The van der Waals surface area contributed by atoms with Gasteiger partial charge in [0.1, 0.15) is 17.5 Å². The van der Waals surface area contributed by atoms with Crippen molar-refractivity contribution in [1.82, 2.24) is 14.5 Å². The normalized spacial score (nSPS) is 21.6. The second-order valence-corrected chi connectivity index (χ2v) is 9.03. The van der Waals surface area contributed by atoms with Gasteiger partial charge in [-0.2, -0.15) is 0 Å². The van der Waals surface area contributed by atoms with Crippen LogP contribution in [0.4, 0.5) is 10.2 Å². The number of fused-ring (bicyclic) bond motifs is 1. The van der Waals surface area contributed by atoms with Crippen LogP contribution in [0.2, 0.25) is 5.02 Å². The average molecular weight is 443 g/mol. The van der Waals surface area contributed by atoms with Crippen LogP contribution < -0.4 is 10.5 Å². The predicted octanol–water partition coefficient (Wildman–Crippen LogP) is 4.10. The molecule has 6 nitrogen and oxygen atoms in total. The van der Waals surface area contributed by atoms with Gasteiger partial charge in [0.15, 0.2) is 0 Å². The highest BCUT2D eigenvalue weighted by atomic mass is 35.5. The molecule has 162 valence electrons. The fourth-order valence-corrected chi connectivity index (χ4v) is 4.48. The van der Waals surface area contributed by atoms with E-state index in [0.29, 0.717) is 35.0 Å². The molecule has 31 heavy (non-hydrogen) atoms. The average Bonchev–Trinajstić information content (AvgIpc) is 3.56. The van der Waals surface area contributed by atoms with Gasteiger partial charge in [-0.15, -0.1) is 0 Å². The summed E-state index contributed by atoms with van der Waals surface area (Å²) in [5.74, 6) is 1.33. The Bertz CT molecular complexity index is 1240. The first-order valence-electron chi connectivity index (χ1n) is 10.6. The summed E-state index contributed by atoms with van der Waals surface area (Å²) in [6.45, 7) is 5.23. The van der Waals surface area contributed by atoms with Crippen LogP contribution in [0.1, 0.15) is 25.6 Å². The second-order valence-electron chi connectivity index (χ2n) is 8.60. The summed E-state index contributed by atoms with van der Waals surface area (Å²) in [6, 6.07) is 6.25. The van der Waals surface area contributed by atoms with Crippen molar-refractivity contribution >= 4 is 28.3 Å². The number of aromatic nitrogens is 3. The molecule has 0 bridgehead atoms. The maximum atomic E-state index is 14.9. The molecule has 0 amide bonds. The third kappa shape index (κ3) is 3.70. The van der Waals surface area contributed by atoms with Crippen LogP contribution in [0.15, 0.2) is 29.1 Å². The monoisotopic (exact) mass is 442 g/mol.